The van der Waals surface area contributed by atoms with E-state index in [0.717, 1.165) is 49.3 Å². The van der Waals surface area contributed by atoms with Crippen LogP contribution in [0.1, 0.15) is 48.4 Å². The SMILES string of the molecule is Cc1noc(-c2cccnc2N2CCC(C(=O)c3ccc(CC(C)C)cc3)CC2)n1. The van der Waals surface area contributed by atoms with Gasteiger partial charge in [-0.05, 0) is 49.8 Å². The van der Waals surface area contributed by atoms with Crippen LogP contribution in [0.15, 0.2) is 47.1 Å². The molecule has 0 unspecified atom stereocenters. The monoisotopic (exact) mass is 404 g/mol. The van der Waals surface area contributed by atoms with E-state index in [4.69, 9.17) is 4.52 Å². The van der Waals surface area contributed by atoms with E-state index in [9.17, 15) is 4.79 Å². The van der Waals surface area contributed by atoms with Crippen molar-refractivity contribution in [3.05, 3.63) is 59.5 Å². The van der Waals surface area contributed by atoms with E-state index in [-0.39, 0.29) is 11.7 Å². The number of carbonyl (C=O) groups is 1. The van der Waals surface area contributed by atoms with Crippen molar-refractivity contribution in [2.45, 2.75) is 40.0 Å². The van der Waals surface area contributed by atoms with Crippen LogP contribution < -0.4 is 4.90 Å². The van der Waals surface area contributed by atoms with E-state index >= 15 is 0 Å². The van der Waals surface area contributed by atoms with Gasteiger partial charge in [-0.1, -0.05) is 43.3 Å². The number of benzene rings is 1. The van der Waals surface area contributed by atoms with Crippen molar-refractivity contribution in [3.8, 4) is 11.5 Å². The third-order valence-electron chi connectivity index (χ3n) is 5.59. The smallest absolute Gasteiger partial charge is 0.261 e. The normalized spacial score (nSPS) is 15.0. The summed E-state index contributed by atoms with van der Waals surface area (Å²) in [6.45, 7) is 7.77. The molecule has 0 amide bonds. The van der Waals surface area contributed by atoms with Crippen molar-refractivity contribution < 1.29 is 9.32 Å². The molecule has 0 spiro atoms. The first-order valence-electron chi connectivity index (χ1n) is 10.6. The summed E-state index contributed by atoms with van der Waals surface area (Å²) < 4.78 is 5.35. The average molecular weight is 405 g/mol. The first kappa shape index (κ1) is 20.3. The first-order valence-corrected chi connectivity index (χ1v) is 10.6. The van der Waals surface area contributed by atoms with Crippen LogP contribution in [-0.2, 0) is 6.42 Å². The van der Waals surface area contributed by atoms with Crippen molar-refractivity contribution in [1.29, 1.82) is 0 Å². The number of nitrogens with zero attached hydrogens (tertiary/aromatic N) is 4. The molecule has 0 N–H and O–H groups in total. The number of pyridine rings is 1. The highest BCUT2D eigenvalue weighted by molar-refractivity contribution is 5.98. The molecular formula is C24H28N4O2. The molecular weight excluding hydrogens is 376 g/mol. The zero-order chi connectivity index (χ0) is 21.1. The quantitative estimate of drug-likeness (QED) is 0.553. The summed E-state index contributed by atoms with van der Waals surface area (Å²) in [4.78, 5) is 24.1. The Kier molecular flexibility index (Phi) is 5.93. The van der Waals surface area contributed by atoms with Crippen molar-refractivity contribution in [3.63, 3.8) is 0 Å². The molecule has 6 nitrogen and oxygen atoms in total. The Hall–Kier alpha value is -3.02. The lowest BCUT2D eigenvalue weighted by atomic mass is 9.88. The van der Waals surface area contributed by atoms with Gasteiger partial charge < -0.3 is 9.42 Å². The number of aryl methyl sites for hydroxylation is 1. The van der Waals surface area contributed by atoms with Gasteiger partial charge in [-0.3, -0.25) is 4.79 Å². The second-order valence-corrected chi connectivity index (χ2v) is 8.44. The van der Waals surface area contributed by atoms with Gasteiger partial charge in [0.05, 0.1) is 5.56 Å². The fourth-order valence-electron chi connectivity index (χ4n) is 4.09. The fraction of sp³-hybridized carbons (Fsp3) is 0.417. The third-order valence-corrected chi connectivity index (χ3v) is 5.59. The van der Waals surface area contributed by atoms with Gasteiger partial charge in [0, 0.05) is 30.8 Å². The minimum Gasteiger partial charge on any atom is -0.356 e. The number of hydrogen-bond donors (Lipinski definition) is 0. The van der Waals surface area contributed by atoms with Crippen LogP contribution in [0.2, 0.25) is 0 Å². The molecule has 1 aliphatic heterocycles. The summed E-state index contributed by atoms with van der Waals surface area (Å²) >= 11 is 0. The maximum Gasteiger partial charge on any atom is 0.261 e. The van der Waals surface area contributed by atoms with Gasteiger partial charge in [-0.15, -0.1) is 0 Å². The molecule has 4 rings (SSSR count). The van der Waals surface area contributed by atoms with E-state index in [2.05, 4.69) is 46.0 Å². The zero-order valence-corrected chi connectivity index (χ0v) is 17.8. The average Bonchev–Trinajstić information content (AvgIpc) is 3.20. The van der Waals surface area contributed by atoms with Crippen molar-refractivity contribution in [2.75, 3.05) is 18.0 Å². The Morgan fingerprint density at radius 3 is 2.53 bits per heavy atom. The Morgan fingerprint density at radius 1 is 1.17 bits per heavy atom. The van der Waals surface area contributed by atoms with Gasteiger partial charge in [0.25, 0.3) is 5.89 Å². The first-order chi connectivity index (χ1) is 14.5. The topological polar surface area (TPSA) is 72.1 Å². The molecule has 0 saturated carbocycles. The fourth-order valence-corrected chi connectivity index (χ4v) is 4.09. The van der Waals surface area contributed by atoms with Crippen LogP contribution in [0.4, 0.5) is 5.82 Å². The van der Waals surface area contributed by atoms with Crippen LogP contribution in [0.25, 0.3) is 11.5 Å². The Bertz CT molecular complexity index is 1000. The molecule has 0 atom stereocenters. The second-order valence-electron chi connectivity index (χ2n) is 8.44. The summed E-state index contributed by atoms with van der Waals surface area (Å²) in [5, 5.41) is 3.89. The minimum absolute atomic E-state index is 0.0509. The Labute approximate surface area is 177 Å². The summed E-state index contributed by atoms with van der Waals surface area (Å²) in [6.07, 6.45) is 4.44. The molecule has 1 fully saturated rings. The Morgan fingerprint density at radius 2 is 1.90 bits per heavy atom. The van der Waals surface area contributed by atoms with Crippen LogP contribution >= 0.6 is 0 Å². The maximum absolute atomic E-state index is 13.0. The van der Waals surface area contributed by atoms with Gasteiger partial charge >= 0.3 is 0 Å². The highest BCUT2D eigenvalue weighted by Gasteiger charge is 2.28. The molecule has 0 bridgehead atoms. The molecule has 0 radical (unpaired) electrons. The molecule has 6 heteroatoms. The number of ketones is 1. The van der Waals surface area contributed by atoms with Crippen LogP contribution in [0.3, 0.4) is 0 Å². The Balaban J connectivity index is 1.43. The summed E-state index contributed by atoms with van der Waals surface area (Å²) in [5.74, 6) is 2.84. The van der Waals surface area contributed by atoms with E-state index < -0.39 is 0 Å². The van der Waals surface area contributed by atoms with Gasteiger partial charge in [0.15, 0.2) is 11.6 Å². The van der Waals surface area contributed by atoms with E-state index in [1.807, 2.05) is 24.3 Å². The lowest BCUT2D eigenvalue weighted by Gasteiger charge is -2.32. The molecule has 30 heavy (non-hydrogen) atoms. The van der Waals surface area contributed by atoms with Crippen molar-refractivity contribution >= 4 is 11.6 Å². The van der Waals surface area contributed by atoms with E-state index in [1.54, 1.807) is 13.1 Å². The lowest BCUT2D eigenvalue weighted by molar-refractivity contribution is 0.0900. The number of rotatable bonds is 6. The predicted molar refractivity (Wildman–Crippen MR) is 117 cm³/mol. The number of carbonyl (C=O) groups excluding carboxylic acids is 1. The van der Waals surface area contributed by atoms with Gasteiger partial charge in [0.2, 0.25) is 0 Å². The molecule has 156 valence electrons. The van der Waals surface area contributed by atoms with Crippen molar-refractivity contribution in [1.82, 2.24) is 15.1 Å². The van der Waals surface area contributed by atoms with E-state index in [0.29, 0.717) is 17.6 Å². The van der Waals surface area contributed by atoms with Crippen LogP contribution in [0.5, 0.6) is 0 Å². The summed E-state index contributed by atoms with van der Waals surface area (Å²) in [6, 6.07) is 12.0. The third kappa shape index (κ3) is 4.42. The maximum atomic E-state index is 13.0. The van der Waals surface area contributed by atoms with Gasteiger partial charge in [-0.2, -0.15) is 4.98 Å². The largest absolute Gasteiger partial charge is 0.356 e. The summed E-state index contributed by atoms with van der Waals surface area (Å²) in [7, 11) is 0. The molecule has 1 saturated heterocycles. The standard InChI is InChI=1S/C24H28N4O2/c1-16(2)15-18-6-8-19(9-7-18)22(29)20-10-13-28(14-11-20)23-21(5-4-12-25-23)24-26-17(3)27-30-24/h4-9,12,16,20H,10-11,13-15H2,1-3H3. The van der Waals surface area contributed by atoms with Crippen LogP contribution in [-0.4, -0.2) is 34.0 Å². The number of Topliss-reactive ketones (excluding diaryl/α,β-unsaturated/α-hetero) is 1. The number of anilines is 1. The molecule has 1 aromatic carbocycles. The molecule has 0 aliphatic carbocycles. The molecule has 3 aromatic rings. The van der Waals surface area contributed by atoms with Gasteiger partial charge in [0.1, 0.15) is 5.82 Å². The van der Waals surface area contributed by atoms with Crippen LogP contribution in [0, 0.1) is 18.8 Å². The minimum atomic E-state index is 0.0509. The zero-order valence-electron chi connectivity index (χ0n) is 17.8. The second kappa shape index (κ2) is 8.78. The lowest BCUT2D eigenvalue weighted by Crippen LogP contribution is -2.37. The molecule has 1 aliphatic rings. The number of hydrogen-bond acceptors (Lipinski definition) is 6. The van der Waals surface area contributed by atoms with E-state index in [1.165, 1.54) is 5.56 Å². The molecule has 2 aromatic heterocycles. The number of aromatic nitrogens is 3. The highest BCUT2D eigenvalue weighted by Crippen LogP contribution is 2.31. The highest BCUT2D eigenvalue weighted by atomic mass is 16.5. The summed E-state index contributed by atoms with van der Waals surface area (Å²) in [5.41, 5.74) is 2.94. The van der Waals surface area contributed by atoms with Crippen molar-refractivity contribution in [2.24, 2.45) is 11.8 Å². The molecule has 3 heterocycles. The predicted octanol–water partition coefficient (Wildman–Crippen LogP) is 4.74. The van der Waals surface area contributed by atoms with Gasteiger partial charge in [-0.25, -0.2) is 4.98 Å². The number of piperidine rings is 1.